The lowest BCUT2D eigenvalue weighted by Crippen LogP contribution is -2.60. The van der Waals surface area contributed by atoms with Crippen LogP contribution in [0.5, 0.6) is 0 Å². The average Bonchev–Trinajstić information content (AvgIpc) is 3.93. The van der Waals surface area contributed by atoms with Crippen LogP contribution in [0.1, 0.15) is 228 Å². The molecule has 0 aromatic heterocycles. The lowest BCUT2D eigenvalue weighted by molar-refractivity contribution is -0.187. The first kappa shape index (κ1) is 58.4. The Kier molecular flexibility index (Phi) is 24.3. The fraction of sp³-hybridized carbons (Fsp3) is 0.902. The summed E-state index contributed by atoms with van der Waals surface area (Å²) in [4.78, 5) is 28.4. The van der Waals surface area contributed by atoms with Crippen LogP contribution in [0.3, 0.4) is 0 Å². The van der Waals surface area contributed by atoms with Crippen LogP contribution in [0.15, 0.2) is 23.8 Å². The van der Waals surface area contributed by atoms with Crippen molar-refractivity contribution in [3.05, 3.63) is 23.8 Å². The smallest absolute Gasteiger partial charge is 0.306 e. The third-order valence-corrected chi connectivity index (χ3v) is 19.2. The van der Waals surface area contributed by atoms with Crippen LogP contribution < -0.4 is 5.73 Å². The number of rotatable bonds is 33. The molecule has 1 spiro atoms. The minimum Gasteiger partial charge on any atom is -0.463 e. The van der Waals surface area contributed by atoms with Crippen molar-refractivity contribution < 1.29 is 38.0 Å². The number of fused-ring (bicyclic) bond motifs is 5. The summed E-state index contributed by atoms with van der Waals surface area (Å²) in [5.41, 5.74) is 9.31. The fourth-order valence-corrected chi connectivity index (χ4v) is 14.6. The van der Waals surface area contributed by atoms with Gasteiger partial charge in [0.1, 0.15) is 12.7 Å². The molecule has 0 radical (unpaired) electrons. The lowest BCUT2D eigenvalue weighted by atomic mass is 9.46. The van der Waals surface area contributed by atoms with Crippen LogP contribution in [-0.2, 0) is 38.0 Å². The van der Waals surface area contributed by atoms with Crippen LogP contribution in [0.4, 0.5) is 0 Å². The van der Waals surface area contributed by atoms with Crippen LogP contribution in [0.2, 0.25) is 0 Å². The number of nitrogens with two attached hydrogens (primary N) is 1. The Balaban J connectivity index is 0.846. The zero-order chi connectivity index (χ0) is 50.6. The van der Waals surface area contributed by atoms with Gasteiger partial charge >= 0.3 is 11.9 Å². The van der Waals surface area contributed by atoms with Gasteiger partial charge in [-0.2, -0.15) is 0 Å². The van der Waals surface area contributed by atoms with Crippen LogP contribution in [0.25, 0.3) is 0 Å². The van der Waals surface area contributed by atoms with E-state index in [-0.39, 0.29) is 60.6 Å². The first-order chi connectivity index (χ1) is 34.3. The molecule has 0 aromatic rings. The molecule has 6 rings (SSSR count). The number of likely N-dealkylation sites (tertiary alicyclic amines) is 1. The molecule has 10 heteroatoms. The summed E-state index contributed by atoms with van der Waals surface area (Å²) in [6.45, 7) is 20.0. The van der Waals surface area contributed by atoms with E-state index in [1.165, 1.54) is 128 Å². The van der Waals surface area contributed by atoms with Crippen molar-refractivity contribution in [3.63, 3.8) is 0 Å². The van der Waals surface area contributed by atoms with Crippen LogP contribution in [-0.4, -0.2) is 99.6 Å². The Morgan fingerprint density at radius 3 is 2.13 bits per heavy atom. The molecule has 10 nitrogen and oxygen atoms in total. The monoisotopic (exact) mass is 995 g/mol. The Morgan fingerprint density at radius 1 is 0.761 bits per heavy atom. The lowest BCUT2D eigenvalue weighted by Gasteiger charge is -2.60. The van der Waals surface area contributed by atoms with E-state index in [4.69, 9.17) is 34.2 Å². The molecule has 0 amide bonds. The van der Waals surface area contributed by atoms with E-state index >= 15 is 0 Å². The summed E-state index contributed by atoms with van der Waals surface area (Å²) < 4.78 is 36.0. The third-order valence-electron chi connectivity index (χ3n) is 19.2. The van der Waals surface area contributed by atoms with Gasteiger partial charge in [-0.05, 0) is 124 Å². The molecule has 0 aromatic carbocycles. The molecular formula is C61H106N2O8. The van der Waals surface area contributed by atoms with Crippen molar-refractivity contribution in [2.45, 2.75) is 251 Å². The van der Waals surface area contributed by atoms with Gasteiger partial charge < -0.3 is 39.1 Å². The number of nitrogens with zero attached hydrogens (tertiary/aromatic N) is 1. The minimum atomic E-state index is -0.415. The number of hydrogen-bond donors (Lipinski definition) is 1. The van der Waals surface area contributed by atoms with E-state index in [9.17, 15) is 9.59 Å². The topological polar surface area (TPSA) is 119 Å². The number of hydrogen-bond acceptors (Lipinski definition) is 10. The van der Waals surface area contributed by atoms with Crippen molar-refractivity contribution >= 4 is 11.9 Å². The Hall–Kier alpha value is -1.82. The molecule has 2 aliphatic heterocycles. The first-order valence-electron chi connectivity index (χ1n) is 30.0. The van der Waals surface area contributed by atoms with E-state index in [0.717, 1.165) is 83.5 Å². The van der Waals surface area contributed by atoms with Crippen molar-refractivity contribution in [2.24, 2.45) is 46.2 Å². The molecule has 408 valence electrons. The van der Waals surface area contributed by atoms with E-state index in [0.29, 0.717) is 43.5 Å². The average molecular weight is 996 g/mol. The van der Waals surface area contributed by atoms with Crippen molar-refractivity contribution in [3.8, 4) is 0 Å². The largest absolute Gasteiger partial charge is 0.463 e. The van der Waals surface area contributed by atoms with Gasteiger partial charge in [0.15, 0.2) is 5.79 Å². The van der Waals surface area contributed by atoms with Crippen molar-refractivity contribution in [1.82, 2.24) is 4.90 Å². The molecule has 5 fully saturated rings. The van der Waals surface area contributed by atoms with Gasteiger partial charge in [-0.25, -0.2) is 0 Å². The predicted molar refractivity (Wildman–Crippen MR) is 287 cm³/mol. The summed E-state index contributed by atoms with van der Waals surface area (Å²) >= 11 is 0. The number of piperidine rings is 1. The van der Waals surface area contributed by atoms with Gasteiger partial charge in [-0.1, -0.05) is 136 Å². The summed E-state index contributed by atoms with van der Waals surface area (Å²) in [7, 11) is 0. The van der Waals surface area contributed by atoms with Gasteiger partial charge in [-0.15, -0.1) is 0 Å². The minimum absolute atomic E-state index is 0.0113. The molecular weight excluding hydrogens is 889 g/mol. The summed E-state index contributed by atoms with van der Waals surface area (Å²) in [6.07, 6.45) is 39.4. The highest BCUT2D eigenvalue weighted by Gasteiger charge is 2.64. The maximum Gasteiger partial charge on any atom is 0.306 e. The standard InChI is InChI=1S/C61H106N2O8/c1-7-8-9-10-11-12-13-14-15-16-17-18-19-20-21-22-40-66-47-52(46-63-38-36-60(37-39-63)69-43-44-70-60)67-41-42-68-56(64)28-29-57(65)71-51-30-33-58(5)50(45-51)26-27-53-54(58)31-34-59(6)55(53)32-35-61(59,62)49(4)25-23-24-48(2)3/h14-15,26,48-49,51-55H,7-13,16-25,27-47,62H2,1-6H3/b15-14-/t49-,51-,52?,53?,54-,55-,58?,59?,61?/m0/s1. The molecule has 6 aliphatic rings. The fourth-order valence-electron chi connectivity index (χ4n) is 14.6. The predicted octanol–water partition coefficient (Wildman–Crippen LogP) is 13.6. The summed E-state index contributed by atoms with van der Waals surface area (Å²) in [5.74, 6) is 2.23. The van der Waals surface area contributed by atoms with Crippen molar-refractivity contribution in [2.75, 3.05) is 59.3 Å². The number of unbranched alkanes of at least 4 members (excludes halogenated alkanes) is 12. The summed E-state index contributed by atoms with van der Waals surface area (Å²) in [6, 6.07) is 0. The maximum atomic E-state index is 13.1. The zero-order valence-electron chi connectivity index (χ0n) is 46.4. The van der Waals surface area contributed by atoms with E-state index < -0.39 is 11.8 Å². The second-order valence-electron chi connectivity index (χ2n) is 24.5. The van der Waals surface area contributed by atoms with Gasteiger partial charge in [0.05, 0.1) is 45.4 Å². The molecule has 4 aliphatic carbocycles. The van der Waals surface area contributed by atoms with E-state index in [1.807, 2.05) is 0 Å². The van der Waals surface area contributed by atoms with Gasteiger partial charge in [0, 0.05) is 51.0 Å². The highest BCUT2D eigenvalue weighted by atomic mass is 16.7. The summed E-state index contributed by atoms with van der Waals surface area (Å²) in [5, 5.41) is 0. The van der Waals surface area contributed by atoms with E-state index in [2.05, 4.69) is 64.7 Å². The maximum absolute atomic E-state index is 13.1. The third kappa shape index (κ3) is 16.8. The Bertz CT molecular complexity index is 1620. The van der Waals surface area contributed by atoms with Crippen LogP contribution >= 0.6 is 0 Å². The number of carbonyl (C=O) groups excluding carboxylic acids is 2. The molecule has 9 atom stereocenters. The normalized spacial score (nSPS) is 30.3. The molecule has 3 saturated carbocycles. The van der Waals surface area contributed by atoms with Gasteiger partial charge in [0.25, 0.3) is 0 Å². The number of ether oxygens (including phenoxy) is 6. The SMILES string of the molecule is CCCCCCCC/C=C\CCCCCCCCOCC(CN1CCC2(CC1)OCCO2)OCCOC(=O)CCC(=O)O[C@H]1CCC2(C)C(=CCC3[C@@H]2CCC2(C)[C@H]3CCC2(N)[C@@H](C)CCCC(C)C)C1. The highest BCUT2D eigenvalue weighted by Crippen LogP contribution is 2.68. The Labute approximate surface area is 433 Å². The van der Waals surface area contributed by atoms with Gasteiger partial charge in [-0.3, -0.25) is 9.59 Å². The number of allylic oxidation sites excluding steroid dienone is 3. The first-order valence-corrected chi connectivity index (χ1v) is 30.0. The van der Waals surface area contributed by atoms with E-state index in [1.54, 1.807) is 0 Å². The second-order valence-corrected chi connectivity index (χ2v) is 24.5. The van der Waals surface area contributed by atoms with Gasteiger partial charge in [0.2, 0.25) is 0 Å². The molecule has 71 heavy (non-hydrogen) atoms. The zero-order valence-corrected chi connectivity index (χ0v) is 46.4. The van der Waals surface area contributed by atoms with Crippen molar-refractivity contribution in [1.29, 1.82) is 0 Å². The highest BCUT2D eigenvalue weighted by molar-refractivity contribution is 5.77. The Morgan fingerprint density at radius 2 is 1.42 bits per heavy atom. The molecule has 2 heterocycles. The van der Waals surface area contributed by atoms with Crippen LogP contribution in [0, 0.1) is 40.4 Å². The molecule has 0 bridgehead atoms. The molecule has 2 saturated heterocycles. The molecule has 2 N–H and O–H groups in total. The number of esters is 2. The molecule has 5 unspecified atom stereocenters. The number of carbonyl (C=O) groups is 2. The quantitative estimate of drug-likeness (QED) is 0.0387. The second kappa shape index (κ2) is 29.5.